The topological polar surface area (TPSA) is 139 Å². The van der Waals surface area contributed by atoms with E-state index in [1.165, 1.54) is 4.90 Å². The molecule has 37 heavy (non-hydrogen) atoms. The SMILES string of the molecule is C=C[C@@H]1C[C@]1(NC(=O)[C@@H]1CCCN1C(=O)C(N)C(C)(C)C)C(=O)NS(=O)(=O)C1(Cc2ccccc2)CC1. The van der Waals surface area contributed by atoms with Gasteiger partial charge in [0.15, 0.2) is 0 Å². The van der Waals surface area contributed by atoms with Crippen LogP contribution in [0.5, 0.6) is 0 Å². The Kier molecular flexibility index (Phi) is 7.05. The van der Waals surface area contributed by atoms with Gasteiger partial charge in [0.2, 0.25) is 21.8 Å². The molecule has 1 aromatic carbocycles. The third-order valence-corrected chi connectivity index (χ3v) is 10.2. The average molecular weight is 531 g/mol. The number of amides is 3. The van der Waals surface area contributed by atoms with Crippen LogP contribution in [0.4, 0.5) is 0 Å². The van der Waals surface area contributed by atoms with Gasteiger partial charge in [-0.1, -0.05) is 57.2 Å². The van der Waals surface area contributed by atoms with Gasteiger partial charge in [0, 0.05) is 12.5 Å². The lowest BCUT2D eigenvalue weighted by Gasteiger charge is -2.33. The number of sulfonamides is 1. The lowest BCUT2D eigenvalue weighted by Crippen LogP contribution is -2.59. The van der Waals surface area contributed by atoms with Crippen molar-refractivity contribution in [1.29, 1.82) is 0 Å². The number of likely N-dealkylation sites (tertiary alicyclic amines) is 1. The smallest absolute Gasteiger partial charge is 0.259 e. The molecular weight excluding hydrogens is 492 g/mol. The highest BCUT2D eigenvalue weighted by atomic mass is 32.2. The van der Waals surface area contributed by atoms with Crippen LogP contribution in [-0.4, -0.2) is 60.0 Å². The van der Waals surface area contributed by atoms with E-state index in [1.54, 1.807) is 6.08 Å². The van der Waals surface area contributed by atoms with Crippen molar-refractivity contribution < 1.29 is 22.8 Å². The molecule has 2 aliphatic carbocycles. The summed E-state index contributed by atoms with van der Waals surface area (Å²) in [5.74, 6) is -1.95. The van der Waals surface area contributed by atoms with E-state index in [-0.39, 0.29) is 12.3 Å². The third-order valence-electron chi connectivity index (χ3n) is 8.06. The lowest BCUT2D eigenvalue weighted by atomic mass is 9.86. The van der Waals surface area contributed by atoms with E-state index in [1.807, 2.05) is 51.1 Å². The molecule has 3 amide bonds. The molecule has 202 valence electrons. The van der Waals surface area contributed by atoms with Crippen molar-refractivity contribution in [2.75, 3.05) is 6.54 Å². The second-order valence-corrected chi connectivity index (χ2v) is 13.9. The van der Waals surface area contributed by atoms with E-state index in [4.69, 9.17) is 5.73 Å². The van der Waals surface area contributed by atoms with Gasteiger partial charge in [-0.2, -0.15) is 0 Å². The van der Waals surface area contributed by atoms with Gasteiger partial charge in [0.25, 0.3) is 5.91 Å². The molecule has 0 spiro atoms. The predicted octanol–water partition coefficient (Wildman–Crippen LogP) is 1.63. The van der Waals surface area contributed by atoms with E-state index < -0.39 is 55.5 Å². The van der Waals surface area contributed by atoms with Gasteiger partial charge >= 0.3 is 0 Å². The van der Waals surface area contributed by atoms with Crippen molar-refractivity contribution in [2.45, 2.75) is 81.7 Å². The number of hydrogen-bond acceptors (Lipinski definition) is 6. The van der Waals surface area contributed by atoms with Gasteiger partial charge in [-0.15, -0.1) is 6.58 Å². The maximum atomic E-state index is 13.4. The lowest BCUT2D eigenvalue weighted by molar-refractivity contribution is -0.142. The summed E-state index contributed by atoms with van der Waals surface area (Å²) in [6, 6.07) is 7.77. The largest absolute Gasteiger partial charge is 0.339 e. The summed E-state index contributed by atoms with van der Waals surface area (Å²) in [7, 11) is -3.99. The molecule has 1 aliphatic heterocycles. The summed E-state index contributed by atoms with van der Waals surface area (Å²) in [5.41, 5.74) is 5.18. The Hall–Kier alpha value is -2.72. The van der Waals surface area contributed by atoms with Gasteiger partial charge in [-0.25, -0.2) is 8.42 Å². The number of nitrogens with one attached hydrogen (secondary N) is 2. The van der Waals surface area contributed by atoms with E-state index in [2.05, 4.69) is 16.6 Å². The van der Waals surface area contributed by atoms with Crippen LogP contribution in [0.3, 0.4) is 0 Å². The first kappa shape index (κ1) is 27.3. The zero-order valence-corrected chi connectivity index (χ0v) is 22.6. The van der Waals surface area contributed by atoms with Crippen molar-refractivity contribution >= 4 is 27.7 Å². The number of hydrogen-bond donors (Lipinski definition) is 3. The second-order valence-electron chi connectivity index (χ2n) is 11.8. The van der Waals surface area contributed by atoms with E-state index >= 15 is 0 Å². The number of carbonyl (C=O) groups excluding carboxylic acids is 3. The van der Waals surface area contributed by atoms with Gasteiger partial charge in [0.1, 0.15) is 11.6 Å². The van der Waals surface area contributed by atoms with Crippen molar-refractivity contribution in [3.8, 4) is 0 Å². The molecule has 4 rings (SSSR count). The van der Waals surface area contributed by atoms with Crippen molar-refractivity contribution in [2.24, 2.45) is 17.1 Å². The van der Waals surface area contributed by atoms with Gasteiger partial charge < -0.3 is 16.0 Å². The normalized spacial score (nSPS) is 27.2. The molecule has 9 nitrogen and oxygen atoms in total. The zero-order chi connectivity index (χ0) is 27.2. The Bertz CT molecular complexity index is 1190. The van der Waals surface area contributed by atoms with E-state index in [0.717, 1.165) is 5.56 Å². The fourth-order valence-corrected chi connectivity index (χ4v) is 6.80. The summed E-state index contributed by atoms with van der Waals surface area (Å²) in [6.07, 6.45) is 4.12. The zero-order valence-electron chi connectivity index (χ0n) is 21.8. The van der Waals surface area contributed by atoms with Crippen molar-refractivity contribution in [3.63, 3.8) is 0 Å². The van der Waals surface area contributed by atoms with Crippen LogP contribution in [-0.2, 0) is 30.8 Å². The summed E-state index contributed by atoms with van der Waals surface area (Å²) >= 11 is 0. The highest BCUT2D eigenvalue weighted by Gasteiger charge is 2.63. The Balaban J connectivity index is 1.47. The van der Waals surface area contributed by atoms with E-state index in [0.29, 0.717) is 38.6 Å². The number of benzene rings is 1. The minimum Gasteiger partial charge on any atom is -0.339 e. The third kappa shape index (κ3) is 5.18. The van der Waals surface area contributed by atoms with Crippen molar-refractivity contribution in [3.05, 3.63) is 48.6 Å². The summed E-state index contributed by atoms with van der Waals surface area (Å²) in [5, 5.41) is 2.80. The molecule has 1 unspecified atom stereocenters. The molecule has 10 heteroatoms. The fraction of sp³-hybridized carbons (Fsp3) is 0.593. The first-order chi connectivity index (χ1) is 17.3. The molecule has 1 aromatic rings. The molecule has 2 saturated carbocycles. The van der Waals surface area contributed by atoms with Crippen LogP contribution in [0.2, 0.25) is 0 Å². The molecule has 1 heterocycles. The molecule has 4 atom stereocenters. The Morgan fingerprint density at radius 2 is 1.86 bits per heavy atom. The van der Waals surface area contributed by atoms with Crippen molar-refractivity contribution in [1.82, 2.24) is 14.9 Å². The second kappa shape index (κ2) is 9.54. The Morgan fingerprint density at radius 3 is 2.41 bits per heavy atom. The summed E-state index contributed by atoms with van der Waals surface area (Å²) in [6.45, 7) is 9.75. The quantitative estimate of drug-likeness (QED) is 0.415. The van der Waals surface area contributed by atoms with Crippen LogP contribution in [0, 0.1) is 11.3 Å². The Morgan fingerprint density at radius 1 is 1.22 bits per heavy atom. The van der Waals surface area contributed by atoms with Gasteiger partial charge in [-0.05, 0) is 49.5 Å². The van der Waals surface area contributed by atoms with E-state index in [9.17, 15) is 22.8 Å². The first-order valence-corrected chi connectivity index (χ1v) is 14.4. The molecule has 3 aliphatic rings. The minimum atomic E-state index is -3.99. The monoisotopic (exact) mass is 530 g/mol. The van der Waals surface area contributed by atoms with Crippen LogP contribution < -0.4 is 15.8 Å². The molecule has 4 N–H and O–H groups in total. The number of carbonyl (C=O) groups is 3. The van der Waals surface area contributed by atoms with Crippen LogP contribution in [0.25, 0.3) is 0 Å². The standard InChI is InChI=1S/C27H38N4O5S/c1-5-19-17-27(19,29-22(32)20-12-9-15-31(20)23(33)21(28)25(2,3)4)24(34)30-37(35,36)26(13-14-26)16-18-10-7-6-8-11-18/h5-8,10-11,19-21H,1,9,12-17,28H2,2-4H3,(H,29,32)(H,30,34)/t19-,20+,21?,27-/m1/s1. The number of nitrogens with two attached hydrogens (primary N) is 1. The Labute approximate surface area is 219 Å². The molecular formula is C27H38N4O5S. The number of nitrogens with zero attached hydrogens (tertiary/aromatic N) is 1. The average Bonchev–Trinajstić information content (AvgIpc) is 3.72. The molecule has 0 aromatic heterocycles. The first-order valence-electron chi connectivity index (χ1n) is 12.9. The summed E-state index contributed by atoms with van der Waals surface area (Å²) < 4.78 is 27.9. The van der Waals surface area contributed by atoms with Gasteiger partial charge in [-0.3, -0.25) is 19.1 Å². The highest BCUT2D eigenvalue weighted by molar-refractivity contribution is 7.91. The minimum absolute atomic E-state index is 0.247. The predicted molar refractivity (Wildman–Crippen MR) is 141 cm³/mol. The van der Waals surface area contributed by atoms with Crippen LogP contribution in [0.15, 0.2) is 43.0 Å². The summed E-state index contributed by atoms with van der Waals surface area (Å²) in [4.78, 5) is 41.3. The molecule has 3 fully saturated rings. The molecule has 0 radical (unpaired) electrons. The maximum absolute atomic E-state index is 13.4. The highest BCUT2D eigenvalue weighted by Crippen LogP contribution is 2.48. The fourth-order valence-electron chi connectivity index (χ4n) is 5.16. The van der Waals surface area contributed by atoms with Crippen LogP contribution >= 0.6 is 0 Å². The number of rotatable bonds is 9. The van der Waals surface area contributed by atoms with Gasteiger partial charge in [0.05, 0.1) is 10.8 Å². The van der Waals surface area contributed by atoms with Crippen LogP contribution in [0.1, 0.15) is 58.4 Å². The maximum Gasteiger partial charge on any atom is 0.259 e. The molecule has 0 bridgehead atoms. The molecule has 1 saturated heterocycles.